The fourth-order valence-corrected chi connectivity index (χ4v) is 2.38. The second-order valence-corrected chi connectivity index (χ2v) is 3.48. The van der Waals surface area contributed by atoms with E-state index in [0.717, 1.165) is 12.1 Å². The molecule has 0 unspecified atom stereocenters. The first-order valence-electron chi connectivity index (χ1n) is 4.10. The molecule has 2 rings (SSSR count). The van der Waals surface area contributed by atoms with E-state index in [0.29, 0.717) is 0 Å². The minimum Gasteiger partial charge on any atom is -0.300 e. The number of fused-ring (bicyclic) bond motifs is 2. The molecule has 2 saturated heterocycles. The molecular formula is C8H15N. The van der Waals surface area contributed by atoms with Crippen LogP contribution in [-0.2, 0) is 0 Å². The lowest BCUT2D eigenvalue weighted by Crippen LogP contribution is -2.35. The molecule has 0 aromatic rings. The highest BCUT2D eigenvalue weighted by Gasteiger charge is 2.33. The van der Waals surface area contributed by atoms with E-state index in [1.807, 2.05) is 0 Å². The first kappa shape index (κ1) is 5.72. The van der Waals surface area contributed by atoms with Crippen LogP contribution in [0.3, 0.4) is 0 Å². The second kappa shape index (κ2) is 1.98. The van der Waals surface area contributed by atoms with Gasteiger partial charge >= 0.3 is 0 Å². The Kier molecular flexibility index (Phi) is 1.26. The maximum Gasteiger partial charge on any atom is 0.00957 e. The van der Waals surface area contributed by atoms with Crippen molar-refractivity contribution >= 4 is 0 Å². The Bertz CT molecular complexity index is 95.1. The Morgan fingerprint density at radius 1 is 1.00 bits per heavy atom. The van der Waals surface area contributed by atoms with Crippen molar-refractivity contribution in [3.63, 3.8) is 0 Å². The van der Waals surface area contributed by atoms with E-state index < -0.39 is 0 Å². The van der Waals surface area contributed by atoms with Crippen LogP contribution in [0, 0.1) is 0 Å². The smallest absolute Gasteiger partial charge is 0.00957 e. The van der Waals surface area contributed by atoms with Crippen LogP contribution in [0.15, 0.2) is 0 Å². The molecule has 52 valence electrons. The first-order valence-corrected chi connectivity index (χ1v) is 4.10. The van der Waals surface area contributed by atoms with Crippen LogP contribution in [-0.4, -0.2) is 24.0 Å². The van der Waals surface area contributed by atoms with Crippen molar-refractivity contribution in [3.05, 3.63) is 0 Å². The van der Waals surface area contributed by atoms with Gasteiger partial charge in [-0.1, -0.05) is 6.42 Å². The zero-order chi connectivity index (χ0) is 6.27. The highest BCUT2D eigenvalue weighted by Crippen LogP contribution is 2.33. The highest BCUT2D eigenvalue weighted by atomic mass is 15.2. The average molecular weight is 125 g/mol. The molecular weight excluding hydrogens is 110 g/mol. The van der Waals surface area contributed by atoms with E-state index >= 15 is 0 Å². The Morgan fingerprint density at radius 2 is 1.56 bits per heavy atom. The summed E-state index contributed by atoms with van der Waals surface area (Å²) in [4.78, 5) is 2.59. The largest absolute Gasteiger partial charge is 0.300 e. The van der Waals surface area contributed by atoms with Crippen molar-refractivity contribution in [1.29, 1.82) is 0 Å². The summed E-state index contributed by atoms with van der Waals surface area (Å²) < 4.78 is 0. The van der Waals surface area contributed by atoms with Crippen molar-refractivity contribution in [1.82, 2.24) is 4.90 Å². The molecule has 0 N–H and O–H groups in total. The molecule has 2 aliphatic heterocycles. The Balaban J connectivity index is 2.10. The van der Waals surface area contributed by atoms with Gasteiger partial charge in [0, 0.05) is 12.1 Å². The van der Waals surface area contributed by atoms with E-state index in [4.69, 9.17) is 0 Å². The summed E-state index contributed by atoms with van der Waals surface area (Å²) in [6, 6.07) is 1.92. The van der Waals surface area contributed by atoms with Crippen LogP contribution in [0.2, 0.25) is 0 Å². The summed E-state index contributed by atoms with van der Waals surface area (Å²) >= 11 is 0. The van der Waals surface area contributed by atoms with Crippen LogP contribution in [0.1, 0.15) is 32.1 Å². The summed E-state index contributed by atoms with van der Waals surface area (Å²) in [7, 11) is 2.29. The molecule has 0 radical (unpaired) electrons. The van der Waals surface area contributed by atoms with Crippen LogP contribution in [0.25, 0.3) is 0 Å². The van der Waals surface area contributed by atoms with E-state index in [9.17, 15) is 0 Å². The Labute approximate surface area is 57.0 Å². The zero-order valence-corrected chi connectivity index (χ0v) is 6.14. The fraction of sp³-hybridized carbons (Fsp3) is 1.00. The molecule has 0 spiro atoms. The Morgan fingerprint density at radius 3 is 2.00 bits per heavy atom. The lowest BCUT2D eigenvalue weighted by atomic mass is 10.0. The van der Waals surface area contributed by atoms with Crippen LogP contribution in [0.4, 0.5) is 0 Å². The third-order valence-corrected chi connectivity index (χ3v) is 3.06. The quantitative estimate of drug-likeness (QED) is 0.475. The summed E-state index contributed by atoms with van der Waals surface area (Å²) in [5, 5.41) is 0. The summed E-state index contributed by atoms with van der Waals surface area (Å²) in [5.41, 5.74) is 0. The molecule has 1 nitrogen and oxygen atoms in total. The van der Waals surface area contributed by atoms with Gasteiger partial charge in [0.05, 0.1) is 0 Å². The van der Waals surface area contributed by atoms with E-state index in [-0.39, 0.29) is 0 Å². The van der Waals surface area contributed by atoms with Gasteiger partial charge in [0.25, 0.3) is 0 Å². The second-order valence-electron chi connectivity index (χ2n) is 3.48. The van der Waals surface area contributed by atoms with Gasteiger partial charge in [0.1, 0.15) is 0 Å². The van der Waals surface area contributed by atoms with Crippen LogP contribution < -0.4 is 0 Å². The maximum absolute atomic E-state index is 2.59. The molecule has 2 fully saturated rings. The van der Waals surface area contributed by atoms with E-state index in [1.165, 1.54) is 32.1 Å². The van der Waals surface area contributed by atoms with Gasteiger partial charge in [0.2, 0.25) is 0 Å². The number of nitrogens with zero attached hydrogens (tertiary/aromatic N) is 1. The molecule has 9 heavy (non-hydrogen) atoms. The van der Waals surface area contributed by atoms with Crippen LogP contribution >= 0.6 is 0 Å². The topological polar surface area (TPSA) is 3.24 Å². The molecule has 0 amide bonds. The van der Waals surface area contributed by atoms with Gasteiger partial charge in [-0.25, -0.2) is 0 Å². The standard InChI is InChI=1S/C8H15N/c1-9-7-3-2-4-8(9)6-5-7/h7-8H,2-6H2,1H3/t7-,8-/m1/s1. The van der Waals surface area contributed by atoms with Gasteiger partial charge in [-0.05, 0) is 32.7 Å². The lowest BCUT2D eigenvalue weighted by Gasteiger charge is -2.30. The van der Waals surface area contributed by atoms with Gasteiger partial charge in [-0.3, -0.25) is 0 Å². The zero-order valence-electron chi connectivity index (χ0n) is 6.14. The monoisotopic (exact) mass is 125 g/mol. The molecule has 2 heterocycles. The summed E-state index contributed by atoms with van der Waals surface area (Å²) in [6.45, 7) is 0. The summed E-state index contributed by atoms with van der Waals surface area (Å²) in [6.07, 6.45) is 7.36. The van der Waals surface area contributed by atoms with Gasteiger partial charge in [-0.2, -0.15) is 0 Å². The summed E-state index contributed by atoms with van der Waals surface area (Å²) in [5.74, 6) is 0. The minimum absolute atomic E-state index is 0.962. The number of piperidine rings is 1. The van der Waals surface area contributed by atoms with Gasteiger partial charge in [-0.15, -0.1) is 0 Å². The molecule has 2 atom stereocenters. The normalized spacial score (nSPS) is 43.7. The molecule has 0 saturated carbocycles. The number of rotatable bonds is 0. The highest BCUT2D eigenvalue weighted by molar-refractivity contribution is 4.89. The van der Waals surface area contributed by atoms with Crippen molar-refractivity contribution in [2.75, 3.05) is 7.05 Å². The molecule has 2 aliphatic rings. The fourth-order valence-electron chi connectivity index (χ4n) is 2.38. The third kappa shape index (κ3) is 0.787. The SMILES string of the molecule is CN1[C@@H]2CCC[C@@H]1CC2. The number of hydrogen-bond donors (Lipinski definition) is 0. The molecule has 2 bridgehead atoms. The Hall–Kier alpha value is -0.0400. The predicted octanol–water partition coefficient (Wildman–Crippen LogP) is 1.63. The van der Waals surface area contributed by atoms with Crippen molar-refractivity contribution in [3.8, 4) is 0 Å². The number of hydrogen-bond acceptors (Lipinski definition) is 1. The van der Waals surface area contributed by atoms with Gasteiger partial charge < -0.3 is 4.90 Å². The van der Waals surface area contributed by atoms with Crippen molar-refractivity contribution in [2.24, 2.45) is 0 Å². The van der Waals surface area contributed by atoms with Gasteiger partial charge in [0.15, 0.2) is 0 Å². The van der Waals surface area contributed by atoms with Crippen LogP contribution in [0.5, 0.6) is 0 Å². The molecule has 0 aromatic carbocycles. The van der Waals surface area contributed by atoms with Crippen molar-refractivity contribution in [2.45, 2.75) is 44.2 Å². The molecule has 0 aromatic heterocycles. The van der Waals surface area contributed by atoms with Crippen molar-refractivity contribution < 1.29 is 0 Å². The average Bonchev–Trinajstić information content (AvgIpc) is 2.19. The minimum atomic E-state index is 0.962. The van der Waals surface area contributed by atoms with E-state index in [2.05, 4.69) is 11.9 Å². The van der Waals surface area contributed by atoms with E-state index in [1.54, 1.807) is 0 Å². The lowest BCUT2D eigenvalue weighted by molar-refractivity contribution is 0.179. The third-order valence-electron chi connectivity index (χ3n) is 3.06. The first-order chi connectivity index (χ1) is 4.38. The maximum atomic E-state index is 2.59. The molecule has 0 aliphatic carbocycles. The molecule has 1 heteroatoms. The predicted molar refractivity (Wildman–Crippen MR) is 38.4 cm³/mol.